The van der Waals surface area contributed by atoms with Crippen molar-refractivity contribution in [3.63, 3.8) is 0 Å². The number of likely N-dealkylation sites (tertiary alicyclic amines) is 1. The Bertz CT molecular complexity index is 1010. The van der Waals surface area contributed by atoms with E-state index in [0.29, 0.717) is 35.4 Å². The normalized spacial score (nSPS) is 19.2. The molecular weight excluding hydrogens is 512 g/mol. The Hall–Kier alpha value is -2.71. The molecule has 2 unspecified atom stereocenters. The summed E-state index contributed by atoms with van der Waals surface area (Å²) >= 11 is 0. The zero-order valence-electron chi connectivity index (χ0n) is 20.7. The molecule has 1 aliphatic rings. The molecule has 2 aromatic carbocycles. The van der Waals surface area contributed by atoms with E-state index in [4.69, 9.17) is 9.47 Å². The van der Waals surface area contributed by atoms with E-state index in [9.17, 15) is 14.4 Å². The Morgan fingerprint density at radius 3 is 2.51 bits per heavy atom. The lowest BCUT2D eigenvalue weighted by Crippen LogP contribution is -3.00. The van der Waals surface area contributed by atoms with Crippen LogP contribution in [-0.2, 0) is 25.6 Å². The van der Waals surface area contributed by atoms with Crippen molar-refractivity contribution >= 4 is 23.5 Å². The quantitative estimate of drug-likeness (QED) is 0.376. The summed E-state index contributed by atoms with van der Waals surface area (Å²) in [5.74, 6) is -1.10. The highest BCUT2D eigenvalue weighted by Gasteiger charge is 2.40. The van der Waals surface area contributed by atoms with Crippen LogP contribution in [0.4, 0.5) is 5.69 Å². The first-order chi connectivity index (χ1) is 16.4. The van der Waals surface area contributed by atoms with E-state index in [-0.39, 0.29) is 41.3 Å². The Morgan fingerprint density at radius 2 is 1.83 bits per heavy atom. The number of carbonyl (C=O) groups excluding carboxylic acids is 3. The molecule has 0 radical (unpaired) electrons. The maximum absolute atomic E-state index is 13.3. The molecule has 1 heterocycles. The highest BCUT2D eigenvalue weighted by molar-refractivity contribution is 6.02. The van der Waals surface area contributed by atoms with Gasteiger partial charge in [-0.1, -0.05) is 49.4 Å². The topological polar surface area (TPSA) is 81.7 Å². The maximum Gasteiger partial charge on any atom is 0.339 e. The van der Waals surface area contributed by atoms with Crippen LogP contribution < -0.4 is 22.3 Å². The maximum atomic E-state index is 13.3. The van der Waals surface area contributed by atoms with Gasteiger partial charge in [0.2, 0.25) is 0 Å². The number of carbonyl (C=O) groups is 3. The van der Waals surface area contributed by atoms with Gasteiger partial charge in [-0.3, -0.25) is 9.59 Å². The molecule has 0 aromatic heterocycles. The van der Waals surface area contributed by atoms with Crippen LogP contribution in [0.1, 0.15) is 47.7 Å². The fraction of sp³-hybridized carbons (Fsp3) is 0.444. The molecule has 0 bridgehead atoms. The first-order valence-electron chi connectivity index (χ1n) is 11.9. The molecule has 0 aliphatic carbocycles. The predicted octanol–water partition coefficient (Wildman–Crippen LogP) is 1.10. The Kier molecular flexibility index (Phi) is 10.9. The van der Waals surface area contributed by atoms with Crippen molar-refractivity contribution in [2.24, 2.45) is 5.92 Å². The van der Waals surface area contributed by atoms with Gasteiger partial charge < -0.3 is 36.3 Å². The molecule has 1 amide bonds. The third-order valence-corrected chi connectivity index (χ3v) is 6.36. The van der Waals surface area contributed by atoms with E-state index in [1.807, 2.05) is 50.2 Å². The standard InChI is InChI=1S/C27H34N2O5.BrH/c1-4-16-34-26(31)22-13-9-15-29(18-22,17-21-11-6-5-7-12-21)19-24(30)28-25-20(2)10-8-14-23(25)27(32)33-3;/h5-8,10-12,14,22H,4,9,13,15-19H2,1-3H3;1H. The second-order valence-corrected chi connectivity index (χ2v) is 9.09. The number of aryl methyl sites for hydroxylation is 1. The van der Waals surface area contributed by atoms with Gasteiger partial charge >= 0.3 is 11.9 Å². The molecule has 2 aromatic rings. The number of nitrogens with zero attached hydrogens (tertiary/aromatic N) is 1. The number of ether oxygens (including phenoxy) is 2. The van der Waals surface area contributed by atoms with Gasteiger partial charge in [-0.15, -0.1) is 0 Å². The molecule has 1 N–H and O–H groups in total. The predicted molar refractivity (Wildman–Crippen MR) is 130 cm³/mol. The lowest BCUT2D eigenvalue weighted by Gasteiger charge is -2.43. The van der Waals surface area contributed by atoms with E-state index in [1.165, 1.54) is 7.11 Å². The summed E-state index contributed by atoms with van der Waals surface area (Å²) in [6, 6.07) is 15.3. The number of piperidine rings is 1. The van der Waals surface area contributed by atoms with Crippen molar-refractivity contribution in [2.45, 2.75) is 39.7 Å². The smallest absolute Gasteiger partial charge is 0.339 e. The number of hydrogen-bond acceptors (Lipinski definition) is 5. The van der Waals surface area contributed by atoms with Crippen LogP contribution in [0.2, 0.25) is 0 Å². The van der Waals surface area contributed by atoms with Crippen LogP contribution in [0.25, 0.3) is 0 Å². The van der Waals surface area contributed by atoms with Crippen LogP contribution in [-0.4, -0.2) is 55.7 Å². The number of rotatable bonds is 9. The van der Waals surface area contributed by atoms with E-state index >= 15 is 0 Å². The Labute approximate surface area is 218 Å². The Balaban J connectivity index is 0.00000432. The lowest BCUT2D eigenvalue weighted by molar-refractivity contribution is -0.940. The molecule has 35 heavy (non-hydrogen) atoms. The van der Waals surface area contributed by atoms with Crippen molar-refractivity contribution in [3.05, 3.63) is 65.2 Å². The number of nitrogens with one attached hydrogen (secondary N) is 1. The van der Waals surface area contributed by atoms with E-state index in [1.54, 1.807) is 12.1 Å². The number of halogens is 1. The first kappa shape index (κ1) is 28.5. The minimum absolute atomic E-state index is 0. The summed E-state index contributed by atoms with van der Waals surface area (Å²) in [4.78, 5) is 38.3. The van der Waals surface area contributed by atoms with Crippen molar-refractivity contribution in [3.8, 4) is 0 Å². The van der Waals surface area contributed by atoms with Crippen molar-refractivity contribution in [1.29, 1.82) is 0 Å². The number of para-hydroxylation sites is 1. The Morgan fingerprint density at radius 1 is 1.09 bits per heavy atom. The summed E-state index contributed by atoms with van der Waals surface area (Å²) in [5.41, 5.74) is 2.69. The third kappa shape index (κ3) is 7.64. The van der Waals surface area contributed by atoms with Crippen LogP contribution in [0, 0.1) is 12.8 Å². The SMILES string of the molecule is CCCOC(=O)C1CCC[N+](CC(=O)Nc2c(C)cccc2C(=O)OC)(Cc2ccccc2)C1.[Br-]. The van der Waals surface area contributed by atoms with Gasteiger partial charge in [-0.2, -0.15) is 0 Å². The minimum atomic E-state index is -0.496. The summed E-state index contributed by atoms with van der Waals surface area (Å²) in [5, 5.41) is 2.96. The molecule has 2 atom stereocenters. The highest BCUT2D eigenvalue weighted by atomic mass is 79.9. The number of anilines is 1. The van der Waals surface area contributed by atoms with Crippen molar-refractivity contribution in [2.75, 3.05) is 38.7 Å². The molecule has 1 saturated heterocycles. The second kappa shape index (κ2) is 13.4. The van der Waals surface area contributed by atoms with Gasteiger partial charge in [0.1, 0.15) is 12.5 Å². The van der Waals surface area contributed by atoms with Gasteiger partial charge in [0.05, 0.1) is 38.1 Å². The van der Waals surface area contributed by atoms with Crippen molar-refractivity contribution in [1.82, 2.24) is 0 Å². The molecule has 190 valence electrons. The number of quaternary nitrogens is 1. The van der Waals surface area contributed by atoms with Gasteiger partial charge in [0.15, 0.2) is 6.54 Å². The number of hydrogen-bond donors (Lipinski definition) is 1. The summed E-state index contributed by atoms with van der Waals surface area (Å²) < 4.78 is 10.8. The van der Waals surface area contributed by atoms with E-state index < -0.39 is 5.97 Å². The van der Waals surface area contributed by atoms with Crippen LogP contribution in [0.5, 0.6) is 0 Å². The van der Waals surface area contributed by atoms with Gasteiger partial charge in [0.25, 0.3) is 5.91 Å². The highest BCUT2D eigenvalue weighted by Crippen LogP contribution is 2.28. The van der Waals surface area contributed by atoms with Crippen LogP contribution in [0.15, 0.2) is 48.5 Å². The minimum Gasteiger partial charge on any atom is -1.00 e. The molecule has 8 heteroatoms. The summed E-state index contributed by atoms with van der Waals surface area (Å²) in [6.45, 7) is 6.41. The molecule has 1 aliphatic heterocycles. The van der Waals surface area contributed by atoms with Gasteiger partial charge in [0, 0.05) is 5.56 Å². The molecule has 7 nitrogen and oxygen atoms in total. The average Bonchev–Trinajstić information content (AvgIpc) is 2.83. The zero-order valence-corrected chi connectivity index (χ0v) is 22.3. The molecule has 3 rings (SSSR count). The molecule has 1 fully saturated rings. The monoisotopic (exact) mass is 546 g/mol. The molecular formula is C27H35BrN2O5. The summed E-state index contributed by atoms with van der Waals surface area (Å²) in [6.07, 6.45) is 2.39. The summed E-state index contributed by atoms with van der Waals surface area (Å²) in [7, 11) is 1.32. The zero-order chi connectivity index (χ0) is 24.6. The van der Waals surface area contributed by atoms with E-state index in [2.05, 4.69) is 5.32 Å². The molecule has 0 saturated carbocycles. The number of amides is 1. The lowest BCUT2D eigenvalue weighted by atomic mass is 9.94. The van der Waals surface area contributed by atoms with E-state index in [0.717, 1.165) is 36.9 Å². The van der Waals surface area contributed by atoms with Gasteiger partial charge in [-0.25, -0.2) is 4.79 Å². The number of esters is 2. The number of benzene rings is 2. The third-order valence-electron chi connectivity index (χ3n) is 6.36. The van der Waals surface area contributed by atoms with Crippen molar-refractivity contribution < 1.29 is 45.3 Å². The first-order valence-corrected chi connectivity index (χ1v) is 11.9. The fourth-order valence-corrected chi connectivity index (χ4v) is 4.75. The number of methoxy groups -OCH3 is 1. The molecule has 0 spiro atoms. The largest absolute Gasteiger partial charge is 1.00 e. The second-order valence-electron chi connectivity index (χ2n) is 9.09. The van der Waals surface area contributed by atoms with Gasteiger partial charge in [-0.05, 0) is 37.8 Å². The van der Waals surface area contributed by atoms with Crippen LogP contribution in [0.3, 0.4) is 0 Å². The fourth-order valence-electron chi connectivity index (χ4n) is 4.75. The van der Waals surface area contributed by atoms with Crippen LogP contribution >= 0.6 is 0 Å². The average molecular weight is 547 g/mol.